The second-order valence-corrected chi connectivity index (χ2v) is 8.69. The van der Waals surface area contributed by atoms with Gasteiger partial charge in [0, 0.05) is 36.2 Å². The van der Waals surface area contributed by atoms with Gasteiger partial charge in [0.05, 0.1) is 6.42 Å². The molecule has 4 aromatic rings. The molecule has 6 nitrogen and oxygen atoms in total. The number of aromatic amines is 1. The van der Waals surface area contributed by atoms with Crippen molar-refractivity contribution in [1.82, 2.24) is 15.6 Å². The number of H-pyrrole nitrogens is 1. The Balaban J connectivity index is 0.00000361. The molecule has 0 unspecified atom stereocenters. The Morgan fingerprint density at radius 1 is 0.889 bits per heavy atom. The molecule has 1 heterocycles. The molecule has 0 bridgehead atoms. The zero-order chi connectivity index (χ0) is 24.3. The smallest absolute Gasteiger partial charge is 0.304 e. The van der Waals surface area contributed by atoms with Crippen LogP contribution >= 0.6 is 12.4 Å². The van der Waals surface area contributed by atoms with Crippen molar-refractivity contribution in [2.75, 3.05) is 19.6 Å². The van der Waals surface area contributed by atoms with Crippen LogP contribution in [-0.4, -0.2) is 41.7 Å². The van der Waals surface area contributed by atoms with Crippen molar-refractivity contribution >= 4 is 29.3 Å². The number of carbonyl (C=O) groups is 1. The van der Waals surface area contributed by atoms with Crippen LogP contribution in [0.5, 0.6) is 5.75 Å². The van der Waals surface area contributed by atoms with E-state index in [-0.39, 0.29) is 24.9 Å². The minimum absolute atomic E-state index is 0. The van der Waals surface area contributed by atoms with Gasteiger partial charge in [0.1, 0.15) is 12.4 Å². The zero-order valence-electron chi connectivity index (χ0n) is 20.3. The second kappa shape index (κ2) is 14.3. The van der Waals surface area contributed by atoms with Gasteiger partial charge < -0.3 is 25.5 Å². The molecule has 4 rings (SSSR count). The summed E-state index contributed by atoms with van der Waals surface area (Å²) in [7, 11) is 0. The van der Waals surface area contributed by atoms with Crippen LogP contribution in [0.1, 0.15) is 23.1 Å². The minimum Gasteiger partial charge on any atom is -0.489 e. The summed E-state index contributed by atoms with van der Waals surface area (Å²) in [6, 6.07) is 26.3. The van der Waals surface area contributed by atoms with Crippen molar-refractivity contribution in [3.63, 3.8) is 0 Å². The highest BCUT2D eigenvalue weighted by atomic mass is 35.5. The van der Waals surface area contributed by atoms with E-state index in [1.807, 2.05) is 60.8 Å². The molecule has 7 heteroatoms. The third kappa shape index (κ3) is 8.12. The van der Waals surface area contributed by atoms with Gasteiger partial charge in [-0.1, -0.05) is 66.7 Å². The van der Waals surface area contributed by atoms with Crippen molar-refractivity contribution in [2.24, 2.45) is 0 Å². The first-order valence-electron chi connectivity index (χ1n) is 12.1. The highest BCUT2D eigenvalue weighted by Gasteiger charge is 2.15. The maximum Gasteiger partial charge on any atom is 0.304 e. The average molecular weight is 508 g/mol. The normalized spacial score (nSPS) is 11.7. The highest BCUT2D eigenvalue weighted by Crippen LogP contribution is 2.21. The minimum atomic E-state index is -0.789. The van der Waals surface area contributed by atoms with E-state index >= 15 is 0 Å². The van der Waals surface area contributed by atoms with Gasteiger partial charge in [0.25, 0.3) is 0 Å². The van der Waals surface area contributed by atoms with Crippen LogP contribution in [0.4, 0.5) is 0 Å². The molecule has 0 amide bonds. The summed E-state index contributed by atoms with van der Waals surface area (Å²) in [6.07, 6.45) is 3.60. The Bertz CT molecular complexity index is 1210. The van der Waals surface area contributed by atoms with Crippen LogP contribution in [0.3, 0.4) is 0 Å². The fourth-order valence-electron chi connectivity index (χ4n) is 4.29. The van der Waals surface area contributed by atoms with Crippen molar-refractivity contribution in [1.29, 1.82) is 0 Å². The van der Waals surface area contributed by atoms with Gasteiger partial charge in [0.2, 0.25) is 0 Å². The number of rotatable bonds is 14. The molecule has 0 spiro atoms. The van der Waals surface area contributed by atoms with Crippen molar-refractivity contribution in [2.45, 2.75) is 31.9 Å². The number of hydrogen-bond acceptors (Lipinski definition) is 4. The van der Waals surface area contributed by atoms with Gasteiger partial charge >= 0.3 is 5.97 Å². The van der Waals surface area contributed by atoms with Gasteiger partial charge in [-0.15, -0.1) is 12.4 Å². The molecular formula is C29H34ClN3O3. The Morgan fingerprint density at radius 2 is 1.64 bits per heavy atom. The second-order valence-electron chi connectivity index (χ2n) is 8.69. The van der Waals surface area contributed by atoms with Gasteiger partial charge in [-0.2, -0.15) is 0 Å². The Kier molecular flexibility index (Phi) is 10.8. The van der Waals surface area contributed by atoms with E-state index in [0.717, 1.165) is 47.3 Å². The summed E-state index contributed by atoms with van der Waals surface area (Å²) in [5.74, 6) is 0.124. The molecule has 0 aliphatic carbocycles. The van der Waals surface area contributed by atoms with Crippen LogP contribution in [0, 0.1) is 0 Å². The molecule has 3 aromatic carbocycles. The topological polar surface area (TPSA) is 86.4 Å². The number of ether oxygens (including phenoxy) is 1. The number of aromatic nitrogens is 1. The molecule has 4 N–H and O–H groups in total. The Morgan fingerprint density at radius 3 is 2.47 bits per heavy atom. The number of nitrogens with one attached hydrogen (secondary N) is 3. The number of halogens is 1. The van der Waals surface area contributed by atoms with Crippen LogP contribution in [-0.2, 0) is 24.2 Å². The fraction of sp³-hybridized carbons (Fsp3) is 0.276. The fourth-order valence-corrected chi connectivity index (χ4v) is 4.29. The van der Waals surface area contributed by atoms with Crippen molar-refractivity contribution in [3.8, 4) is 5.75 Å². The van der Waals surface area contributed by atoms with Crippen molar-refractivity contribution in [3.05, 3.63) is 102 Å². The summed E-state index contributed by atoms with van der Waals surface area (Å²) >= 11 is 0. The lowest BCUT2D eigenvalue weighted by Gasteiger charge is -2.17. The molecule has 0 aliphatic heterocycles. The van der Waals surface area contributed by atoms with Gasteiger partial charge in [0.15, 0.2) is 0 Å². The summed E-state index contributed by atoms with van der Waals surface area (Å²) in [4.78, 5) is 14.7. The van der Waals surface area contributed by atoms with Gasteiger partial charge in [-0.25, -0.2) is 0 Å². The van der Waals surface area contributed by atoms with E-state index in [1.54, 1.807) is 0 Å². The number of benzene rings is 3. The number of para-hydroxylation sites is 2. The molecule has 0 fully saturated rings. The summed E-state index contributed by atoms with van der Waals surface area (Å²) < 4.78 is 6.05. The van der Waals surface area contributed by atoms with Gasteiger partial charge in [-0.05, 0) is 48.2 Å². The molecular weight excluding hydrogens is 474 g/mol. The molecule has 190 valence electrons. The zero-order valence-corrected chi connectivity index (χ0v) is 21.1. The average Bonchev–Trinajstić information content (AvgIpc) is 3.28. The maximum absolute atomic E-state index is 11.4. The van der Waals surface area contributed by atoms with Crippen LogP contribution in [0.2, 0.25) is 0 Å². The predicted molar refractivity (Wildman–Crippen MR) is 147 cm³/mol. The van der Waals surface area contributed by atoms with Crippen LogP contribution < -0.4 is 15.4 Å². The van der Waals surface area contributed by atoms with E-state index in [9.17, 15) is 9.90 Å². The lowest BCUT2D eigenvalue weighted by molar-refractivity contribution is -0.137. The molecule has 1 atom stereocenters. The molecule has 0 aliphatic rings. The predicted octanol–water partition coefficient (Wildman–Crippen LogP) is 4.98. The summed E-state index contributed by atoms with van der Waals surface area (Å²) in [6.45, 7) is 2.83. The summed E-state index contributed by atoms with van der Waals surface area (Å²) in [5, 5.41) is 17.4. The van der Waals surface area contributed by atoms with Crippen molar-refractivity contribution < 1.29 is 14.6 Å². The van der Waals surface area contributed by atoms with E-state index in [2.05, 4.69) is 39.9 Å². The summed E-state index contributed by atoms with van der Waals surface area (Å²) in [5.41, 5.74) is 4.53. The molecule has 0 saturated carbocycles. The first-order valence-corrected chi connectivity index (χ1v) is 12.1. The third-order valence-electron chi connectivity index (χ3n) is 6.08. The van der Waals surface area contributed by atoms with E-state index < -0.39 is 5.97 Å². The maximum atomic E-state index is 11.4. The largest absolute Gasteiger partial charge is 0.489 e. The first-order chi connectivity index (χ1) is 17.2. The Labute approximate surface area is 218 Å². The lowest BCUT2D eigenvalue weighted by atomic mass is 10.0. The monoisotopic (exact) mass is 507 g/mol. The SMILES string of the molecule is Cl.O=C(O)C[C@H](Cc1c[nH]c2ccccc12)NCCNCCc1ccccc1OCc1ccccc1. The number of carboxylic acid groups (broad SMARTS) is 1. The number of fused-ring (bicyclic) bond motifs is 1. The number of carboxylic acids is 1. The molecule has 0 saturated heterocycles. The van der Waals surface area contributed by atoms with E-state index in [0.29, 0.717) is 19.6 Å². The van der Waals surface area contributed by atoms with Gasteiger partial charge in [-0.3, -0.25) is 4.79 Å². The molecule has 0 radical (unpaired) electrons. The third-order valence-corrected chi connectivity index (χ3v) is 6.08. The van der Waals surface area contributed by atoms with E-state index in [4.69, 9.17) is 4.74 Å². The van der Waals surface area contributed by atoms with Crippen LogP contribution in [0.25, 0.3) is 10.9 Å². The number of hydrogen-bond donors (Lipinski definition) is 4. The highest BCUT2D eigenvalue weighted by molar-refractivity contribution is 5.85. The first kappa shape index (κ1) is 27.3. The molecule has 1 aromatic heterocycles. The van der Waals surface area contributed by atoms with E-state index in [1.165, 1.54) is 5.56 Å². The van der Waals surface area contributed by atoms with Crippen LogP contribution in [0.15, 0.2) is 85.1 Å². The quantitative estimate of drug-likeness (QED) is 0.181. The number of aliphatic carboxylic acids is 1. The molecule has 36 heavy (non-hydrogen) atoms. The Hall–Kier alpha value is -3.32. The standard InChI is InChI=1S/C29H33N3O3.ClH/c33-29(34)19-25(18-24-20-32-27-12-6-5-11-26(24)27)31-17-16-30-15-14-23-10-4-7-13-28(23)35-21-22-8-2-1-3-9-22;/h1-13,20,25,30-32H,14-19,21H2,(H,33,34);1H/t25-;/m0./s1. The lowest BCUT2D eigenvalue weighted by Crippen LogP contribution is -2.38.